The van der Waals surface area contributed by atoms with E-state index in [1.807, 2.05) is 52.9 Å². The second-order valence-corrected chi connectivity index (χ2v) is 7.81. The Morgan fingerprint density at radius 3 is 2.46 bits per heavy atom. The number of nitrogens with one attached hydrogen (secondary N) is 1. The lowest BCUT2D eigenvalue weighted by Gasteiger charge is -2.31. The molecule has 2 saturated heterocycles. The molecule has 2 fully saturated rings. The Hall–Kier alpha value is -1.69. The van der Waals surface area contributed by atoms with Crippen molar-refractivity contribution in [1.29, 1.82) is 0 Å². The molecule has 1 atom stereocenters. The third-order valence-corrected chi connectivity index (χ3v) is 5.99. The number of thioether (sulfide) groups is 1. The molecule has 0 aliphatic carbocycles. The van der Waals surface area contributed by atoms with Crippen molar-refractivity contribution < 1.29 is 9.59 Å². The monoisotopic (exact) mass is 347 g/mol. The molecule has 1 aromatic carbocycles. The van der Waals surface area contributed by atoms with Crippen molar-refractivity contribution in [2.45, 2.75) is 44.7 Å². The topological polar surface area (TPSA) is 52.7 Å². The summed E-state index contributed by atoms with van der Waals surface area (Å²) in [6.45, 7) is 2.07. The van der Waals surface area contributed by atoms with Crippen molar-refractivity contribution in [3.8, 4) is 0 Å². The molecule has 2 heterocycles. The summed E-state index contributed by atoms with van der Waals surface area (Å²) in [6, 6.07) is 8.07. The second kappa shape index (κ2) is 7.47. The number of anilines is 2. The van der Waals surface area contributed by atoms with Gasteiger partial charge in [-0.05, 0) is 62.0 Å². The molecule has 0 saturated carbocycles. The predicted octanol–water partition coefficient (Wildman–Crippen LogP) is 3.56. The molecule has 130 valence electrons. The quantitative estimate of drug-likeness (QED) is 0.909. The molecule has 24 heavy (non-hydrogen) atoms. The fourth-order valence-electron chi connectivity index (χ4n) is 3.38. The molecule has 3 amide bonds. The van der Waals surface area contributed by atoms with Gasteiger partial charge in [-0.2, -0.15) is 11.8 Å². The van der Waals surface area contributed by atoms with Gasteiger partial charge in [0, 0.05) is 36.9 Å². The minimum atomic E-state index is -0.0646. The summed E-state index contributed by atoms with van der Waals surface area (Å²) >= 11 is 1.96. The summed E-state index contributed by atoms with van der Waals surface area (Å²) in [4.78, 5) is 28.0. The molecule has 3 rings (SSSR count). The van der Waals surface area contributed by atoms with E-state index >= 15 is 0 Å². The summed E-state index contributed by atoms with van der Waals surface area (Å²) in [5.74, 6) is 2.42. The van der Waals surface area contributed by atoms with E-state index in [0.717, 1.165) is 42.1 Å². The lowest BCUT2D eigenvalue weighted by Crippen LogP contribution is -2.41. The summed E-state index contributed by atoms with van der Waals surface area (Å²) in [6.07, 6.45) is 3.64. The number of carbonyl (C=O) groups is 2. The fraction of sp³-hybridized carbons (Fsp3) is 0.556. The summed E-state index contributed by atoms with van der Waals surface area (Å²) in [5.41, 5.74) is 1.67. The van der Waals surface area contributed by atoms with Gasteiger partial charge in [0.1, 0.15) is 0 Å². The van der Waals surface area contributed by atoms with Crippen LogP contribution in [0.2, 0.25) is 0 Å². The number of rotatable bonds is 3. The van der Waals surface area contributed by atoms with Gasteiger partial charge in [0.2, 0.25) is 5.91 Å². The third kappa shape index (κ3) is 3.69. The Morgan fingerprint density at radius 2 is 1.88 bits per heavy atom. The average Bonchev–Trinajstić information content (AvgIpc) is 2.94. The molecular weight excluding hydrogens is 322 g/mol. The maximum atomic E-state index is 12.4. The number of hydrogen-bond donors (Lipinski definition) is 1. The number of amides is 3. The molecule has 0 aromatic heterocycles. The standard InChI is InChI=1S/C18H25N3O2S/c1-13-3-8-17(22)21(13)16-6-4-14(5-7-16)19-18(23)20(2)15-9-11-24-12-10-15/h4-7,13,15H,3,8-12H2,1-2H3,(H,19,23). The number of urea groups is 1. The Morgan fingerprint density at radius 1 is 1.21 bits per heavy atom. The van der Waals surface area contributed by atoms with Crippen LogP contribution >= 0.6 is 11.8 Å². The molecule has 2 aliphatic rings. The number of hydrogen-bond acceptors (Lipinski definition) is 3. The normalized spacial score (nSPS) is 21.8. The molecule has 0 bridgehead atoms. The van der Waals surface area contributed by atoms with Gasteiger partial charge in [-0.15, -0.1) is 0 Å². The van der Waals surface area contributed by atoms with Crippen LogP contribution in [0.25, 0.3) is 0 Å². The first-order valence-corrected chi connectivity index (χ1v) is 9.75. The lowest BCUT2D eigenvalue weighted by atomic mass is 10.1. The molecule has 1 aromatic rings. The van der Waals surface area contributed by atoms with E-state index in [2.05, 4.69) is 12.2 Å². The molecule has 0 spiro atoms. The van der Waals surface area contributed by atoms with Gasteiger partial charge in [0.15, 0.2) is 0 Å². The highest BCUT2D eigenvalue weighted by Crippen LogP contribution is 2.27. The molecule has 5 nitrogen and oxygen atoms in total. The van der Waals surface area contributed by atoms with Crippen LogP contribution < -0.4 is 10.2 Å². The number of carbonyl (C=O) groups excluding carboxylic acids is 2. The molecular formula is C18H25N3O2S. The largest absolute Gasteiger partial charge is 0.325 e. The highest BCUT2D eigenvalue weighted by Gasteiger charge is 2.28. The number of nitrogens with zero attached hydrogens (tertiary/aromatic N) is 2. The van der Waals surface area contributed by atoms with Gasteiger partial charge in [0.25, 0.3) is 0 Å². The predicted molar refractivity (Wildman–Crippen MR) is 99.8 cm³/mol. The van der Waals surface area contributed by atoms with Crippen molar-refractivity contribution in [2.24, 2.45) is 0 Å². The highest BCUT2D eigenvalue weighted by atomic mass is 32.2. The van der Waals surface area contributed by atoms with Crippen LogP contribution in [0.5, 0.6) is 0 Å². The van der Waals surface area contributed by atoms with Gasteiger partial charge in [-0.25, -0.2) is 4.79 Å². The van der Waals surface area contributed by atoms with E-state index < -0.39 is 0 Å². The highest BCUT2D eigenvalue weighted by molar-refractivity contribution is 7.99. The van der Waals surface area contributed by atoms with Crippen molar-refractivity contribution in [1.82, 2.24) is 4.90 Å². The smallest absolute Gasteiger partial charge is 0.321 e. The minimum absolute atomic E-state index is 0.0646. The Labute approximate surface area is 147 Å². The molecule has 0 radical (unpaired) electrons. The van der Waals surface area contributed by atoms with Gasteiger partial charge in [-0.3, -0.25) is 4.79 Å². The van der Waals surface area contributed by atoms with Gasteiger partial charge < -0.3 is 15.1 Å². The molecule has 1 N–H and O–H groups in total. The van der Waals surface area contributed by atoms with Crippen LogP contribution in [0.4, 0.5) is 16.2 Å². The zero-order chi connectivity index (χ0) is 17.1. The zero-order valence-electron chi connectivity index (χ0n) is 14.3. The van der Waals surface area contributed by atoms with Crippen molar-refractivity contribution in [3.05, 3.63) is 24.3 Å². The average molecular weight is 347 g/mol. The Kier molecular flexibility index (Phi) is 5.33. The van der Waals surface area contributed by atoms with Gasteiger partial charge in [-0.1, -0.05) is 0 Å². The minimum Gasteiger partial charge on any atom is -0.325 e. The van der Waals surface area contributed by atoms with E-state index in [-0.39, 0.29) is 18.0 Å². The van der Waals surface area contributed by atoms with Crippen molar-refractivity contribution in [2.75, 3.05) is 28.8 Å². The first-order valence-electron chi connectivity index (χ1n) is 8.60. The van der Waals surface area contributed by atoms with Crippen LogP contribution in [-0.4, -0.2) is 47.5 Å². The summed E-state index contributed by atoms with van der Waals surface area (Å²) in [5, 5.41) is 2.96. The van der Waals surface area contributed by atoms with E-state index in [9.17, 15) is 9.59 Å². The fourth-order valence-corrected chi connectivity index (χ4v) is 4.46. The maximum absolute atomic E-state index is 12.4. The van der Waals surface area contributed by atoms with Crippen LogP contribution in [0, 0.1) is 0 Å². The maximum Gasteiger partial charge on any atom is 0.321 e. The second-order valence-electron chi connectivity index (χ2n) is 6.58. The van der Waals surface area contributed by atoms with E-state index in [1.54, 1.807) is 0 Å². The summed E-state index contributed by atoms with van der Waals surface area (Å²) < 4.78 is 0. The molecule has 1 unspecified atom stereocenters. The van der Waals surface area contributed by atoms with Crippen LogP contribution in [-0.2, 0) is 4.79 Å². The Bertz CT molecular complexity index is 599. The van der Waals surface area contributed by atoms with Gasteiger partial charge >= 0.3 is 6.03 Å². The van der Waals surface area contributed by atoms with Crippen LogP contribution in [0.1, 0.15) is 32.6 Å². The summed E-state index contributed by atoms with van der Waals surface area (Å²) in [7, 11) is 1.87. The lowest BCUT2D eigenvalue weighted by molar-refractivity contribution is -0.117. The molecule has 2 aliphatic heterocycles. The Balaban J connectivity index is 1.61. The first-order chi connectivity index (χ1) is 11.6. The number of benzene rings is 1. The third-order valence-electron chi connectivity index (χ3n) is 4.94. The van der Waals surface area contributed by atoms with E-state index in [1.165, 1.54) is 0 Å². The van der Waals surface area contributed by atoms with E-state index in [4.69, 9.17) is 0 Å². The molecule has 6 heteroatoms. The zero-order valence-corrected chi connectivity index (χ0v) is 15.1. The SMILES string of the molecule is CC1CCC(=O)N1c1ccc(NC(=O)N(C)C2CCSCC2)cc1. The van der Waals surface area contributed by atoms with E-state index in [0.29, 0.717) is 12.5 Å². The van der Waals surface area contributed by atoms with Crippen molar-refractivity contribution >= 4 is 35.1 Å². The van der Waals surface area contributed by atoms with Crippen LogP contribution in [0.3, 0.4) is 0 Å². The first kappa shape index (κ1) is 17.1. The van der Waals surface area contributed by atoms with Crippen molar-refractivity contribution in [3.63, 3.8) is 0 Å². The van der Waals surface area contributed by atoms with Gasteiger partial charge in [0.05, 0.1) is 0 Å². The van der Waals surface area contributed by atoms with Crippen LogP contribution in [0.15, 0.2) is 24.3 Å².